The van der Waals surface area contributed by atoms with Gasteiger partial charge in [-0.3, -0.25) is 4.79 Å². The van der Waals surface area contributed by atoms with Gasteiger partial charge in [0.1, 0.15) is 23.7 Å². The number of methoxy groups -OCH3 is 2. The van der Waals surface area contributed by atoms with Crippen molar-refractivity contribution in [2.45, 2.75) is 6.67 Å². The van der Waals surface area contributed by atoms with Crippen molar-refractivity contribution < 1.29 is 14.3 Å². The normalized spacial score (nSPS) is 10.9. The van der Waals surface area contributed by atoms with Crippen LogP contribution in [0.2, 0.25) is 0 Å². The summed E-state index contributed by atoms with van der Waals surface area (Å²) in [6.45, 7) is -0.0827. The number of ether oxygens (including phenoxy) is 2. The molecule has 4 rings (SSSR count). The van der Waals surface area contributed by atoms with Crippen molar-refractivity contribution in [3.63, 3.8) is 0 Å². The van der Waals surface area contributed by atoms with Gasteiger partial charge in [-0.15, -0.1) is 0 Å². The third kappa shape index (κ3) is 3.30. The Kier molecular flexibility index (Phi) is 5.01. The van der Waals surface area contributed by atoms with Crippen LogP contribution in [0, 0.1) is 0 Å². The van der Waals surface area contributed by atoms with Gasteiger partial charge in [-0.1, -0.05) is 18.2 Å². The number of fused-ring (bicyclic) bond motifs is 3. The van der Waals surface area contributed by atoms with E-state index in [-0.39, 0.29) is 12.2 Å². The molecule has 0 saturated heterocycles. The number of carbonyl (C=O) groups is 1. The number of urea groups is 1. The lowest BCUT2D eigenvalue weighted by Gasteiger charge is -2.12. The van der Waals surface area contributed by atoms with E-state index in [1.54, 1.807) is 31.5 Å². The fourth-order valence-electron chi connectivity index (χ4n) is 3.44. The summed E-state index contributed by atoms with van der Waals surface area (Å²) in [5.74, 6) is 1.06. The number of hydrogen-bond donors (Lipinski definition) is 2. The van der Waals surface area contributed by atoms with Gasteiger partial charge in [0.15, 0.2) is 0 Å². The van der Waals surface area contributed by atoms with Crippen molar-refractivity contribution >= 4 is 33.5 Å². The highest BCUT2D eigenvalue weighted by Crippen LogP contribution is 2.29. The van der Waals surface area contributed by atoms with Crippen molar-refractivity contribution in [1.82, 2.24) is 19.7 Å². The number of anilines is 1. The summed E-state index contributed by atoms with van der Waals surface area (Å²) >= 11 is 0. The Morgan fingerprint density at radius 2 is 1.90 bits per heavy atom. The molecule has 4 aromatic rings. The van der Waals surface area contributed by atoms with E-state index in [9.17, 15) is 9.59 Å². The van der Waals surface area contributed by atoms with Gasteiger partial charge in [-0.25, -0.2) is 9.48 Å². The van der Waals surface area contributed by atoms with E-state index >= 15 is 0 Å². The molecule has 2 aromatic heterocycles. The van der Waals surface area contributed by atoms with Crippen LogP contribution in [0.4, 0.5) is 10.5 Å². The SMILES string of the molecule is COc1ccc(NC(=O)NCn2ncc3c4ccccc4n(C)c3c2=O)c(OC)c1. The van der Waals surface area contributed by atoms with Crippen LogP contribution in [-0.4, -0.2) is 34.6 Å². The average molecular weight is 407 g/mol. The van der Waals surface area contributed by atoms with Crippen molar-refractivity contribution in [2.75, 3.05) is 19.5 Å². The summed E-state index contributed by atoms with van der Waals surface area (Å²) in [5, 5.41) is 11.3. The molecule has 0 unspecified atom stereocenters. The second-order valence-electron chi connectivity index (χ2n) is 6.64. The fraction of sp³-hybridized carbons (Fsp3) is 0.190. The third-order valence-corrected chi connectivity index (χ3v) is 4.96. The second-order valence-corrected chi connectivity index (χ2v) is 6.64. The van der Waals surface area contributed by atoms with Gasteiger partial charge in [0, 0.05) is 29.4 Å². The van der Waals surface area contributed by atoms with Gasteiger partial charge < -0.3 is 24.7 Å². The monoisotopic (exact) mass is 407 g/mol. The molecule has 0 atom stereocenters. The molecule has 9 nitrogen and oxygen atoms in total. The van der Waals surface area contributed by atoms with E-state index in [4.69, 9.17) is 9.47 Å². The molecule has 0 fully saturated rings. The highest BCUT2D eigenvalue weighted by Gasteiger charge is 2.14. The quantitative estimate of drug-likeness (QED) is 0.530. The molecule has 0 aliphatic carbocycles. The van der Waals surface area contributed by atoms with Gasteiger partial charge in [0.25, 0.3) is 5.56 Å². The van der Waals surface area contributed by atoms with Crippen LogP contribution in [0.15, 0.2) is 53.5 Å². The zero-order valence-corrected chi connectivity index (χ0v) is 16.8. The number of carbonyl (C=O) groups excluding carboxylic acids is 1. The Morgan fingerprint density at radius 1 is 1.10 bits per heavy atom. The largest absolute Gasteiger partial charge is 0.497 e. The number of para-hydroxylation sites is 1. The van der Waals surface area contributed by atoms with E-state index in [0.29, 0.717) is 22.7 Å². The molecule has 0 aliphatic rings. The van der Waals surface area contributed by atoms with E-state index in [1.165, 1.54) is 11.8 Å². The Hall–Kier alpha value is -4.01. The lowest BCUT2D eigenvalue weighted by molar-refractivity contribution is 0.248. The lowest BCUT2D eigenvalue weighted by atomic mass is 10.2. The molecule has 154 valence electrons. The van der Waals surface area contributed by atoms with E-state index in [0.717, 1.165) is 16.3 Å². The molecular formula is C21H21N5O4. The van der Waals surface area contributed by atoms with Gasteiger partial charge in [0.2, 0.25) is 0 Å². The maximum absolute atomic E-state index is 12.9. The van der Waals surface area contributed by atoms with Crippen LogP contribution in [0.1, 0.15) is 0 Å². The molecule has 0 spiro atoms. The van der Waals surface area contributed by atoms with Gasteiger partial charge >= 0.3 is 6.03 Å². The van der Waals surface area contributed by atoms with Crippen LogP contribution in [0.3, 0.4) is 0 Å². The number of nitrogens with zero attached hydrogens (tertiary/aromatic N) is 3. The third-order valence-electron chi connectivity index (χ3n) is 4.96. The van der Waals surface area contributed by atoms with E-state index in [1.807, 2.05) is 35.9 Å². The zero-order chi connectivity index (χ0) is 21.3. The summed E-state index contributed by atoms with van der Waals surface area (Å²) in [6.07, 6.45) is 1.64. The summed E-state index contributed by atoms with van der Waals surface area (Å²) < 4.78 is 13.5. The predicted molar refractivity (Wildman–Crippen MR) is 114 cm³/mol. The van der Waals surface area contributed by atoms with Gasteiger partial charge in [0.05, 0.1) is 26.1 Å². The summed E-state index contributed by atoms with van der Waals surface area (Å²) in [4.78, 5) is 25.3. The van der Waals surface area contributed by atoms with Gasteiger partial charge in [-0.05, 0) is 18.2 Å². The first-order valence-corrected chi connectivity index (χ1v) is 9.23. The molecule has 9 heteroatoms. The molecule has 0 radical (unpaired) electrons. The maximum Gasteiger partial charge on any atom is 0.320 e. The Morgan fingerprint density at radius 3 is 2.67 bits per heavy atom. The first kappa shape index (κ1) is 19.3. The number of aryl methyl sites for hydroxylation is 1. The minimum absolute atomic E-state index is 0.0827. The number of hydrogen-bond acceptors (Lipinski definition) is 5. The van der Waals surface area contributed by atoms with Crippen LogP contribution in [-0.2, 0) is 13.7 Å². The highest BCUT2D eigenvalue weighted by molar-refractivity contribution is 6.07. The van der Waals surface area contributed by atoms with E-state index < -0.39 is 6.03 Å². The smallest absolute Gasteiger partial charge is 0.320 e. The number of aromatic nitrogens is 3. The topological polar surface area (TPSA) is 99.4 Å². The maximum atomic E-state index is 12.9. The molecule has 2 amide bonds. The molecule has 0 aliphatic heterocycles. The average Bonchev–Trinajstić information content (AvgIpc) is 3.06. The zero-order valence-electron chi connectivity index (χ0n) is 16.8. The minimum atomic E-state index is -0.496. The molecule has 0 saturated carbocycles. The minimum Gasteiger partial charge on any atom is -0.497 e. The summed E-state index contributed by atoms with van der Waals surface area (Å²) in [7, 11) is 4.89. The number of rotatable bonds is 5. The number of amides is 2. The summed E-state index contributed by atoms with van der Waals surface area (Å²) in [6, 6.07) is 12.3. The highest BCUT2D eigenvalue weighted by atomic mass is 16.5. The predicted octanol–water partition coefficient (Wildman–Crippen LogP) is 2.68. The number of benzene rings is 2. The van der Waals surface area contributed by atoms with Gasteiger partial charge in [-0.2, -0.15) is 5.10 Å². The fourth-order valence-corrected chi connectivity index (χ4v) is 3.44. The molecule has 2 N–H and O–H groups in total. The number of nitrogens with one attached hydrogen (secondary N) is 2. The van der Waals surface area contributed by atoms with Crippen LogP contribution in [0.5, 0.6) is 11.5 Å². The Labute approximate surface area is 171 Å². The van der Waals surface area contributed by atoms with Crippen molar-refractivity contribution in [3.05, 3.63) is 59.0 Å². The first-order valence-electron chi connectivity index (χ1n) is 9.23. The Bertz CT molecular complexity index is 1310. The molecular weight excluding hydrogens is 386 g/mol. The molecule has 30 heavy (non-hydrogen) atoms. The van der Waals surface area contributed by atoms with Crippen LogP contribution >= 0.6 is 0 Å². The molecule has 2 heterocycles. The lowest BCUT2D eigenvalue weighted by Crippen LogP contribution is -2.36. The summed E-state index contributed by atoms with van der Waals surface area (Å²) in [5.41, 5.74) is 1.67. The van der Waals surface area contributed by atoms with Crippen LogP contribution < -0.4 is 25.7 Å². The van der Waals surface area contributed by atoms with E-state index in [2.05, 4.69) is 15.7 Å². The molecule has 0 bridgehead atoms. The van der Waals surface area contributed by atoms with Crippen molar-refractivity contribution in [2.24, 2.45) is 7.05 Å². The standard InChI is InChI=1S/C21H21N5O4/c1-25-17-7-5-4-6-14(17)15-11-23-26(20(27)19(15)25)12-22-21(28)24-16-9-8-13(29-2)10-18(16)30-3/h4-11H,12H2,1-3H3,(H2,22,24,28). The van der Waals surface area contributed by atoms with Crippen LogP contribution in [0.25, 0.3) is 21.8 Å². The second kappa shape index (κ2) is 7.78. The van der Waals surface area contributed by atoms with Crippen molar-refractivity contribution in [3.8, 4) is 11.5 Å². The Balaban J connectivity index is 1.55. The molecule has 2 aromatic carbocycles. The van der Waals surface area contributed by atoms with Crippen molar-refractivity contribution in [1.29, 1.82) is 0 Å². The first-order chi connectivity index (χ1) is 14.5.